The van der Waals surface area contributed by atoms with Crippen molar-refractivity contribution < 1.29 is 4.79 Å². The maximum absolute atomic E-state index is 12.3. The Hall–Kier alpha value is -2.94. The molecule has 0 aliphatic rings. The SMILES string of the molecule is Cc1nn(C)c(C)c1NC(=O)CSc1nnc2c(n1)[nH]c1ccccc12. The van der Waals surface area contributed by atoms with Crippen LogP contribution in [-0.2, 0) is 11.8 Å². The van der Waals surface area contributed by atoms with Crippen molar-refractivity contribution in [1.29, 1.82) is 0 Å². The van der Waals surface area contributed by atoms with Gasteiger partial charge in [0.05, 0.1) is 22.8 Å². The van der Waals surface area contributed by atoms with E-state index in [2.05, 4.69) is 30.6 Å². The maximum Gasteiger partial charge on any atom is 0.234 e. The number of amides is 1. The predicted octanol–water partition coefficient (Wildman–Crippen LogP) is 2.59. The van der Waals surface area contributed by atoms with E-state index in [1.54, 1.807) is 4.68 Å². The summed E-state index contributed by atoms with van der Waals surface area (Å²) in [5.41, 5.74) is 4.83. The lowest BCUT2D eigenvalue weighted by Gasteiger charge is -2.05. The fraction of sp³-hybridized carbons (Fsp3) is 0.235. The Kier molecular flexibility index (Phi) is 4.08. The molecule has 132 valence electrons. The van der Waals surface area contributed by atoms with Gasteiger partial charge in [-0.05, 0) is 19.9 Å². The van der Waals surface area contributed by atoms with Crippen LogP contribution < -0.4 is 5.32 Å². The number of nitrogens with one attached hydrogen (secondary N) is 2. The van der Waals surface area contributed by atoms with E-state index in [0.29, 0.717) is 10.8 Å². The first-order chi connectivity index (χ1) is 12.5. The molecule has 0 aliphatic heterocycles. The highest BCUT2D eigenvalue weighted by Crippen LogP contribution is 2.23. The van der Waals surface area contributed by atoms with Crippen molar-refractivity contribution >= 4 is 45.4 Å². The number of aromatic nitrogens is 6. The van der Waals surface area contributed by atoms with Gasteiger partial charge in [0, 0.05) is 18.0 Å². The van der Waals surface area contributed by atoms with E-state index in [1.165, 1.54) is 11.8 Å². The molecule has 9 heteroatoms. The van der Waals surface area contributed by atoms with Gasteiger partial charge in [-0.15, -0.1) is 10.2 Å². The molecule has 2 N–H and O–H groups in total. The van der Waals surface area contributed by atoms with E-state index in [0.717, 1.165) is 33.5 Å². The zero-order chi connectivity index (χ0) is 18.3. The van der Waals surface area contributed by atoms with Gasteiger partial charge in [0.1, 0.15) is 5.52 Å². The lowest BCUT2D eigenvalue weighted by atomic mass is 10.2. The number of thioether (sulfide) groups is 1. The normalized spacial score (nSPS) is 11.3. The lowest BCUT2D eigenvalue weighted by molar-refractivity contribution is -0.113. The van der Waals surface area contributed by atoms with Gasteiger partial charge in [-0.1, -0.05) is 30.0 Å². The summed E-state index contributed by atoms with van der Waals surface area (Å²) in [6.45, 7) is 3.78. The number of aromatic amines is 1. The number of anilines is 1. The molecule has 0 saturated carbocycles. The zero-order valence-electron chi connectivity index (χ0n) is 14.6. The molecule has 1 aromatic carbocycles. The highest BCUT2D eigenvalue weighted by atomic mass is 32.2. The van der Waals surface area contributed by atoms with Gasteiger partial charge in [-0.25, -0.2) is 4.98 Å². The van der Waals surface area contributed by atoms with Gasteiger partial charge < -0.3 is 10.3 Å². The van der Waals surface area contributed by atoms with Gasteiger partial charge in [-0.3, -0.25) is 9.48 Å². The Morgan fingerprint density at radius 3 is 2.85 bits per heavy atom. The second-order valence-corrected chi connectivity index (χ2v) is 6.91. The number of aryl methyl sites for hydroxylation is 2. The fourth-order valence-electron chi connectivity index (χ4n) is 2.83. The minimum atomic E-state index is -0.130. The van der Waals surface area contributed by atoms with Crippen LogP contribution in [0.25, 0.3) is 22.1 Å². The molecule has 3 heterocycles. The summed E-state index contributed by atoms with van der Waals surface area (Å²) >= 11 is 1.25. The summed E-state index contributed by atoms with van der Waals surface area (Å²) in [5, 5.41) is 17.0. The predicted molar refractivity (Wildman–Crippen MR) is 101 cm³/mol. The average molecular weight is 367 g/mol. The van der Waals surface area contributed by atoms with E-state index in [-0.39, 0.29) is 11.7 Å². The fourth-order valence-corrected chi connectivity index (χ4v) is 3.41. The number of carbonyl (C=O) groups is 1. The summed E-state index contributed by atoms with van der Waals surface area (Å²) in [6.07, 6.45) is 0. The van der Waals surface area contributed by atoms with E-state index < -0.39 is 0 Å². The van der Waals surface area contributed by atoms with Crippen molar-refractivity contribution in [3.8, 4) is 0 Å². The van der Waals surface area contributed by atoms with Crippen LogP contribution in [0.15, 0.2) is 29.4 Å². The molecule has 4 rings (SSSR count). The van der Waals surface area contributed by atoms with E-state index >= 15 is 0 Å². The summed E-state index contributed by atoms with van der Waals surface area (Å²) in [5.74, 6) is 0.0656. The average Bonchev–Trinajstić information content (AvgIpc) is 3.11. The van der Waals surface area contributed by atoms with Gasteiger partial charge in [0.2, 0.25) is 11.1 Å². The Balaban J connectivity index is 1.49. The highest BCUT2D eigenvalue weighted by molar-refractivity contribution is 7.99. The number of benzene rings is 1. The standard InChI is InChI=1S/C17H17N7OS/c1-9-14(10(2)24(3)23-9)19-13(25)8-26-17-20-16-15(21-22-17)11-6-4-5-7-12(11)18-16/h4-7H,8H2,1-3H3,(H,19,25)(H,18,20,22). The number of rotatable bonds is 4. The molecule has 0 radical (unpaired) electrons. The molecule has 0 bridgehead atoms. The van der Waals surface area contributed by atoms with Gasteiger partial charge in [0.25, 0.3) is 0 Å². The number of fused-ring (bicyclic) bond motifs is 3. The number of H-pyrrole nitrogens is 1. The summed E-state index contributed by atoms with van der Waals surface area (Å²) in [6, 6.07) is 7.85. The minimum Gasteiger partial charge on any atom is -0.338 e. The zero-order valence-corrected chi connectivity index (χ0v) is 15.4. The molecule has 0 aliphatic carbocycles. The monoisotopic (exact) mass is 367 g/mol. The van der Waals surface area contributed by atoms with Crippen LogP contribution in [0.5, 0.6) is 0 Å². The molecular formula is C17H17N7OS. The first kappa shape index (κ1) is 16.5. The number of para-hydroxylation sites is 1. The molecule has 4 aromatic rings. The van der Waals surface area contributed by atoms with Crippen LogP contribution in [0.2, 0.25) is 0 Å². The molecule has 0 saturated heterocycles. The number of hydrogen-bond acceptors (Lipinski definition) is 6. The second kappa shape index (κ2) is 6.41. The number of hydrogen-bond donors (Lipinski definition) is 2. The van der Waals surface area contributed by atoms with Gasteiger partial charge in [0.15, 0.2) is 5.65 Å². The molecule has 0 fully saturated rings. The third-order valence-electron chi connectivity index (χ3n) is 4.21. The molecule has 0 atom stereocenters. The Bertz CT molecular complexity index is 1130. The van der Waals surface area contributed by atoms with Crippen LogP contribution in [0.1, 0.15) is 11.4 Å². The largest absolute Gasteiger partial charge is 0.338 e. The quantitative estimate of drug-likeness (QED) is 0.538. The first-order valence-electron chi connectivity index (χ1n) is 8.07. The number of nitrogens with zero attached hydrogens (tertiary/aromatic N) is 5. The Morgan fingerprint density at radius 1 is 1.27 bits per heavy atom. The second-order valence-electron chi connectivity index (χ2n) is 5.97. The molecule has 1 amide bonds. The first-order valence-corrected chi connectivity index (χ1v) is 9.05. The van der Waals surface area contributed by atoms with Crippen LogP contribution in [0.4, 0.5) is 5.69 Å². The van der Waals surface area contributed by atoms with Gasteiger partial charge >= 0.3 is 0 Å². The van der Waals surface area contributed by atoms with Crippen molar-refractivity contribution in [2.75, 3.05) is 11.1 Å². The summed E-state index contributed by atoms with van der Waals surface area (Å²) < 4.78 is 1.74. The highest BCUT2D eigenvalue weighted by Gasteiger charge is 2.14. The Morgan fingerprint density at radius 2 is 2.08 bits per heavy atom. The molecule has 0 spiro atoms. The van der Waals surface area contributed by atoms with Crippen molar-refractivity contribution in [3.63, 3.8) is 0 Å². The van der Waals surface area contributed by atoms with Crippen molar-refractivity contribution in [2.45, 2.75) is 19.0 Å². The molecular weight excluding hydrogens is 350 g/mol. The van der Waals surface area contributed by atoms with E-state index in [4.69, 9.17) is 0 Å². The topological polar surface area (TPSA) is 101 Å². The number of carbonyl (C=O) groups excluding carboxylic acids is 1. The van der Waals surface area contributed by atoms with Crippen LogP contribution >= 0.6 is 11.8 Å². The van der Waals surface area contributed by atoms with Gasteiger partial charge in [-0.2, -0.15) is 5.10 Å². The lowest BCUT2D eigenvalue weighted by Crippen LogP contribution is -2.15. The van der Waals surface area contributed by atoms with Crippen LogP contribution in [0.3, 0.4) is 0 Å². The molecule has 26 heavy (non-hydrogen) atoms. The Labute approximate surface area is 153 Å². The van der Waals surface area contributed by atoms with Crippen molar-refractivity contribution in [1.82, 2.24) is 29.9 Å². The van der Waals surface area contributed by atoms with E-state index in [1.807, 2.05) is 45.2 Å². The smallest absolute Gasteiger partial charge is 0.234 e. The van der Waals surface area contributed by atoms with Crippen LogP contribution in [0, 0.1) is 13.8 Å². The summed E-state index contributed by atoms with van der Waals surface area (Å²) in [4.78, 5) is 19.9. The molecule has 8 nitrogen and oxygen atoms in total. The maximum atomic E-state index is 12.3. The molecule has 3 aromatic heterocycles. The third kappa shape index (κ3) is 2.90. The van der Waals surface area contributed by atoms with E-state index in [9.17, 15) is 4.79 Å². The van der Waals surface area contributed by atoms with Crippen molar-refractivity contribution in [3.05, 3.63) is 35.7 Å². The summed E-state index contributed by atoms with van der Waals surface area (Å²) in [7, 11) is 1.85. The van der Waals surface area contributed by atoms with Crippen LogP contribution in [-0.4, -0.2) is 41.6 Å². The van der Waals surface area contributed by atoms with Crippen molar-refractivity contribution in [2.24, 2.45) is 7.05 Å². The molecule has 0 unspecified atom stereocenters. The minimum absolute atomic E-state index is 0.130. The third-order valence-corrected chi connectivity index (χ3v) is 5.05.